The van der Waals surface area contributed by atoms with Crippen molar-refractivity contribution >= 4 is 11.4 Å². The number of fused-ring (bicyclic) bond motifs is 1. The van der Waals surface area contributed by atoms with Gasteiger partial charge in [0.15, 0.2) is 11.5 Å². The van der Waals surface area contributed by atoms with Gasteiger partial charge in [0.25, 0.3) is 5.91 Å². The fourth-order valence-corrected chi connectivity index (χ4v) is 5.05. The van der Waals surface area contributed by atoms with E-state index in [-0.39, 0.29) is 30.1 Å². The van der Waals surface area contributed by atoms with E-state index < -0.39 is 5.60 Å². The fraction of sp³-hybridized carbons (Fsp3) is 0.462. The first-order chi connectivity index (χ1) is 16.2. The van der Waals surface area contributed by atoms with Crippen LogP contribution in [0.3, 0.4) is 0 Å². The molecule has 1 aromatic carbocycles. The number of para-hydroxylation sites is 2. The number of rotatable bonds is 8. The van der Waals surface area contributed by atoms with Gasteiger partial charge in [0.2, 0.25) is 0 Å². The van der Waals surface area contributed by atoms with Crippen molar-refractivity contribution in [2.75, 3.05) is 13.7 Å². The second-order valence-electron chi connectivity index (χ2n) is 10.2. The summed E-state index contributed by atoms with van der Waals surface area (Å²) in [5, 5.41) is 17.3. The van der Waals surface area contributed by atoms with E-state index in [1.807, 2.05) is 30.3 Å². The molecule has 2 saturated carbocycles. The molecule has 8 heteroatoms. The number of nitrogens with zero attached hydrogens (tertiary/aromatic N) is 2. The van der Waals surface area contributed by atoms with Crippen LogP contribution in [0.2, 0.25) is 0 Å². The second kappa shape index (κ2) is 8.51. The summed E-state index contributed by atoms with van der Waals surface area (Å²) in [6.45, 7) is 3.54. The molecule has 180 valence electrons. The van der Waals surface area contributed by atoms with Crippen LogP contribution in [0.5, 0.6) is 17.2 Å². The highest BCUT2D eigenvalue weighted by Gasteiger charge is 2.54. The summed E-state index contributed by atoms with van der Waals surface area (Å²) in [6.07, 6.45) is 7.44. The van der Waals surface area contributed by atoms with Crippen molar-refractivity contribution in [2.45, 2.75) is 57.3 Å². The number of aromatic nitrogens is 2. The first-order valence-electron chi connectivity index (χ1n) is 11.7. The maximum atomic E-state index is 12.9. The van der Waals surface area contributed by atoms with Crippen molar-refractivity contribution in [1.82, 2.24) is 14.9 Å². The SMILES string of the molecule is COc1ccccc1OC1CC2(CC(NC(=O)c3cnn4cc(OCC(C)(C)O)ccc34)C2)C1. The zero-order chi connectivity index (χ0) is 23.9. The summed E-state index contributed by atoms with van der Waals surface area (Å²) >= 11 is 0. The normalized spacial score (nSPS) is 23.8. The number of pyridine rings is 1. The van der Waals surface area contributed by atoms with Crippen LogP contribution in [0.4, 0.5) is 0 Å². The second-order valence-corrected chi connectivity index (χ2v) is 10.2. The van der Waals surface area contributed by atoms with Crippen LogP contribution in [-0.2, 0) is 0 Å². The number of hydrogen-bond acceptors (Lipinski definition) is 6. The molecule has 0 bridgehead atoms. The van der Waals surface area contributed by atoms with Gasteiger partial charge in [0.1, 0.15) is 12.4 Å². The number of methoxy groups -OCH3 is 1. The third kappa shape index (κ3) is 4.55. The monoisotopic (exact) mass is 465 g/mol. The van der Waals surface area contributed by atoms with Crippen LogP contribution in [0.25, 0.3) is 5.52 Å². The first kappa shape index (κ1) is 22.5. The minimum Gasteiger partial charge on any atom is -0.493 e. The van der Waals surface area contributed by atoms with E-state index in [0.29, 0.717) is 11.3 Å². The number of benzene rings is 1. The molecule has 0 atom stereocenters. The van der Waals surface area contributed by atoms with Gasteiger partial charge in [-0.2, -0.15) is 5.10 Å². The number of nitrogens with one attached hydrogen (secondary N) is 1. The molecule has 2 heterocycles. The molecule has 2 fully saturated rings. The zero-order valence-electron chi connectivity index (χ0n) is 19.8. The lowest BCUT2D eigenvalue weighted by Crippen LogP contribution is -2.58. The Hall–Kier alpha value is -3.26. The highest BCUT2D eigenvalue weighted by Crippen LogP contribution is 2.57. The molecule has 34 heavy (non-hydrogen) atoms. The lowest BCUT2D eigenvalue weighted by molar-refractivity contribution is -0.0839. The molecular formula is C26H31N3O5. The van der Waals surface area contributed by atoms with E-state index in [4.69, 9.17) is 14.2 Å². The van der Waals surface area contributed by atoms with Crippen molar-refractivity contribution in [3.8, 4) is 17.2 Å². The fourth-order valence-electron chi connectivity index (χ4n) is 5.05. The van der Waals surface area contributed by atoms with Crippen molar-refractivity contribution in [3.63, 3.8) is 0 Å². The average Bonchev–Trinajstić information content (AvgIpc) is 3.18. The number of ether oxygens (including phenoxy) is 3. The van der Waals surface area contributed by atoms with E-state index in [9.17, 15) is 9.90 Å². The third-order valence-electron chi connectivity index (χ3n) is 6.70. The van der Waals surface area contributed by atoms with E-state index in [2.05, 4.69) is 10.4 Å². The molecule has 2 N–H and O–H groups in total. The Morgan fingerprint density at radius 3 is 2.62 bits per heavy atom. The Labute approximate surface area is 198 Å². The predicted octanol–water partition coefficient (Wildman–Crippen LogP) is 3.61. The van der Waals surface area contributed by atoms with Gasteiger partial charge in [-0.1, -0.05) is 12.1 Å². The van der Waals surface area contributed by atoms with Gasteiger partial charge in [-0.25, -0.2) is 4.52 Å². The summed E-state index contributed by atoms with van der Waals surface area (Å²) in [5.74, 6) is 2.02. The van der Waals surface area contributed by atoms with Crippen LogP contribution in [0.15, 0.2) is 48.8 Å². The third-order valence-corrected chi connectivity index (χ3v) is 6.70. The molecule has 1 amide bonds. The molecule has 0 aliphatic heterocycles. The number of hydrogen-bond donors (Lipinski definition) is 2. The standard InChI is InChI=1S/C26H31N3O5/c1-25(2,31)16-33-18-8-9-21-20(14-27-29(21)15-18)24(30)28-17-10-26(11-17)12-19(13-26)34-23-7-5-4-6-22(23)32-3/h4-9,14-15,17,19,31H,10-13,16H2,1-3H3,(H,28,30). The molecular weight excluding hydrogens is 434 g/mol. The summed E-state index contributed by atoms with van der Waals surface area (Å²) < 4.78 is 18.7. The van der Waals surface area contributed by atoms with Crippen molar-refractivity contribution in [2.24, 2.45) is 5.41 Å². The molecule has 0 saturated heterocycles. The Morgan fingerprint density at radius 2 is 1.91 bits per heavy atom. The highest BCUT2D eigenvalue weighted by atomic mass is 16.5. The smallest absolute Gasteiger partial charge is 0.255 e. The topological polar surface area (TPSA) is 94.3 Å². The number of aliphatic hydroxyl groups is 1. The lowest BCUT2D eigenvalue weighted by Gasteiger charge is -2.57. The van der Waals surface area contributed by atoms with Crippen LogP contribution in [0, 0.1) is 5.41 Å². The van der Waals surface area contributed by atoms with E-state index >= 15 is 0 Å². The van der Waals surface area contributed by atoms with Crippen molar-refractivity contribution in [3.05, 3.63) is 54.4 Å². The molecule has 1 spiro atoms. The summed E-state index contributed by atoms with van der Waals surface area (Å²) in [5.41, 5.74) is 0.612. The van der Waals surface area contributed by atoms with E-state index in [0.717, 1.165) is 42.7 Å². The maximum absolute atomic E-state index is 12.9. The van der Waals surface area contributed by atoms with Gasteiger partial charge in [-0.15, -0.1) is 0 Å². The minimum absolute atomic E-state index is 0.110. The van der Waals surface area contributed by atoms with Crippen LogP contribution in [-0.4, -0.2) is 52.1 Å². The Bertz CT molecular complexity index is 1180. The van der Waals surface area contributed by atoms with Crippen LogP contribution >= 0.6 is 0 Å². The van der Waals surface area contributed by atoms with Gasteiger partial charge >= 0.3 is 0 Å². The summed E-state index contributed by atoms with van der Waals surface area (Å²) in [7, 11) is 1.65. The van der Waals surface area contributed by atoms with Gasteiger partial charge < -0.3 is 24.6 Å². The molecule has 3 aromatic rings. The molecule has 5 rings (SSSR count). The minimum atomic E-state index is -0.925. The van der Waals surface area contributed by atoms with Gasteiger partial charge in [0.05, 0.1) is 42.3 Å². The molecule has 0 radical (unpaired) electrons. The maximum Gasteiger partial charge on any atom is 0.255 e. The van der Waals surface area contributed by atoms with Crippen molar-refractivity contribution < 1.29 is 24.1 Å². The van der Waals surface area contributed by atoms with Crippen LogP contribution in [0.1, 0.15) is 49.9 Å². The number of carbonyl (C=O) groups is 1. The number of amides is 1. The lowest BCUT2D eigenvalue weighted by atomic mass is 9.53. The Morgan fingerprint density at radius 1 is 1.18 bits per heavy atom. The molecule has 2 aliphatic carbocycles. The Balaban J connectivity index is 1.13. The first-order valence-corrected chi connectivity index (χ1v) is 11.7. The largest absolute Gasteiger partial charge is 0.493 e. The van der Waals surface area contributed by atoms with E-state index in [1.54, 1.807) is 43.9 Å². The van der Waals surface area contributed by atoms with Gasteiger partial charge in [-0.05, 0) is 69.2 Å². The van der Waals surface area contributed by atoms with Gasteiger partial charge in [-0.3, -0.25) is 4.79 Å². The van der Waals surface area contributed by atoms with Crippen LogP contribution < -0.4 is 19.5 Å². The highest BCUT2D eigenvalue weighted by molar-refractivity contribution is 6.00. The zero-order valence-corrected chi connectivity index (χ0v) is 19.8. The quantitative estimate of drug-likeness (QED) is 0.528. The summed E-state index contributed by atoms with van der Waals surface area (Å²) in [6, 6.07) is 11.5. The molecule has 0 unspecified atom stereocenters. The van der Waals surface area contributed by atoms with E-state index in [1.165, 1.54) is 0 Å². The summed E-state index contributed by atoms with van der Waals surface area (Å²) in [4.78, 5) is 12.9. The molecule has 2 aromatic heterocycles. The molecule has 8 nitrogen and oxygen atoms in total. The Kier molecular flexibility index (Phi) is 5.64. The number of carbonyl (C=O) groups excluding carboxylic acids is 1. The average molecular weight is 466 g/mol. The van der Waals surface area contributed by atoms with Gasteiger partial charge in [0, 0.05) is 6.04 Å². The molecule has 2 aliphatic rings. The predicted molar refractivity (Wildman–Crippen MR) is 127 cm³/mol. The van der Waals surface area contributed by atoms with Crippen molar-refractivity contribution in [1.29, 1.82) is 0 Å².